The first-order chi connectivity index (χ1) is 7.20. The van der Waals surface area contributed by atoms with Gasteiger partial charge in [0.25, 0.3) is 0 Å². The lowest BCUT2D eigenvalue weighted by molar-refractivity contribution is 0.100. The Balaban J connectivity index is 2.59. The second kappa shape index (κ2) is 3.71. The summed E-state index contributed by atoms with van der Waals surface area (Å²) in [5, 5.41) is 2.08. The summed E-state index contributed by atoms with van der Waals surface area (Å²) in [6.45, 7) is 0.521. The van der Waals surface area contributed by atoms with Crippen LogP contribution in [0.25, 0.3) is 10.8 Å². The molecule has 0 aliphatic carbocycles. The minimum Gasteiger partial charge on any atom is -0.366 e. The third-order valence-electron chi connectivity index (χ3n) is 2.42. The first-order valence-electron chi connectivity index (χ1n) is 4.73. The van der Waals surface area contributed by atoms with E-state index in [9.17, 15) is 4.79 Å². The average Bonchev–Trinajstić information content (AvgIpc) is 2.27. The quantitative estimate of drug-likeness (QED) is 0.769. The van der Waals surface area contributed by atoms with E-state index in [1.54, 1.807) is 12.1 Å². The van der Waals surface area contributed by atoms with E-state index >= 15 is 0 Å². The van der Waals surface area contributed by atoms with Gasteiger partial charge >= 0.3 is 0 Å². The Morgan fingerprint density at radius 1 is 1.07 bits per heavy atom. The zero-order valence-electron chi connectivity index (χ0n) is 8.23. The van der Waals surface area contributed by atoms with Crippen LogP contribution in [0, 0.1) is 0 Å². The Labute approximate surface area is 87.7 Å². The Kier molecular flexibility index (Phi) is 2.39. The molecule has 2 aromatic rings. The molecule has 0 atom stereocenters. The molecule has 15 heavy (non-hydrogen) atoms. The van der Waals surface area contributed by atoms with Crippen LogP contribution in [-0.4, -0.2) is 5.91 Å². The number of hydrogen-bond acceptors (Lipinski definition) is 2. The summed E-state index contributed by atoms with van der Waals surface area (Å²) in [4.78, 5) is 11.0. The van der Waals surface area contributed by atoms with Crippen molar-refractivity contribution in [2.45, 2.75) is 6.54 Å². The van der Waals surface area contributed by atoms with Gasteiger partial charge in [-0.05, 0) is 34.5 Å². The topological polar surface area (TPSA) is 69.1 Å². The molecule has 0 radical (unpaired) electrons. The van der Waals surface area contributed by atoms with E-state index in [4.69, 9.17) is 11.5 Å². The van der Waals surface area contributed by atoms with Crippen molar-refractivity contribution in [1.82, 2.24) is 0 Å². The second-order valence-corrected chi connectivity index (χ2v) is 3.46. The molecule has 0 unspecified atom stereocenters. The van der Waals surface area contributed by atoms with Crippen LogP contribution in [0.1, 0.15) is 15.9 Å². The van der Waals surface area contributed by atoms with Crippen molar-refractivity contribution in [1.29, 1.82) is 0 Å². The lowest BCUT2D eigenvalue weighted by Crippen LogP contribution is -2.10. The van der Waals surface area contributed by atoms with Gasteiger partial charge in [0.1, 0.15) is 0 Å². The Bertz CT molecular complexity index is 520. The van der Waals surface area contributed by atoms with Gasteiger partial charge in [0.15, 0.2) is 0 Å². The predicted molar refractivity (Wildman–Crippen MR) is 60.4 cm³/mol. The fourth-order valence-electron chi connectivity index (χ4n) is 1.58. The first-order valence-corrected chi connectivity index (χ1v) is 4.73. The smallest absolute Gasteiger partial charge is 0.248 e. The summed E-state index contributed by atoms with van der Waals surface area (Å²) >= 11 is 0. The molecule has 0 aliphatic rings. The van der Waals surface area contributed by atoms with E-state index < -0.39 is 5.91 Å². The molecule has 0 fully saturated rings. The Morgan fingerprint density at radius 2 is 1.73 bits per heavy atom. The number of benzene rings is 2. The number of carbonyl (C=O) groups excluding carboxylic acids is 1. The van der Waals surface area contributed by atoms with Crippen LogP contribution >= 0.6 is 0 Å². The van der Waals surface area contributed by atoms with Gasteiger partial charge in [0.2, 0.25) is 5.91 Å². The van der Waals surface area contributed by atoms with Gasteiger partial charge in [-0.25, -0.2) is 0 Å². The molecule has 0 bridgehead atoms. The van der Waals surface area contributed by atoms with E-state index in [-0.39, 0.29) is 0 Å². The summed E-state index contributed by atoms with van der Waals surface area (Å²) in [6, 6.07) is 11.3. The van der Waals surface area contributed by atoms with E-state index in [1.165, 1.54) is 0 Å². The molecule has 2 aromatic carbocycles. The minimum absolute atomic E-state index is 0.403. The van der Waals surface area contributed by atoms with Crippen LogP contribution in [0.5, 0.6) is 0 Å². The van der Waals surface area contributed by atoms with Gasteiger partial charge in [0.05, 0.1) is 0 Å². The van der Waals surface area contributed by atoms with Crippen molar-refractivity contribution in [3.05, 3.63) is 47.5 Å². The molecule has 0 aromatic heterocycles. The maximum Gasteiger partial charge on any atom is 0.248 e. The SMILES string of the molecule is NCc1ccc2cc(C(N)=O)ccc2c1. The highest BCUT2D eigenvalue weighted by Gasteiger charge is 2.01. The summed E-state index contributed by atoms with van der Waals surface area (Å²) < 4.78 is 0. The molecule has 0 aliphatic heterocycles. The monoisotopic (exact) mass is 200 g/mol. The van der Waals surface area contributed by atoms with E-state index in [2.05, 4.69) is 0 Å². The maximum atomic E-state index is 11.0. The van der Waals surface area contributed by atoms with Crippen molar-refractivity contribution in [3.8, 4) is 0 Å². The third kappa shape index (κ3) is 1.82. The van der Waals surface area contributed by atoms with Crippen LogP contribution in [-0.2, 0) is 6.54 Å². The molecule has 4 N–H and O–H groups in total. The second-order valence-electron chi connectivity index (χ2n) is 3.46. The van der Waals surface area contributed by atoms with E-state index in [1.807, 2.05) is 24.3 Å². The molecule has 0 heterocycles. The molecule has 3 nitrogen and oxygen atoms in total. The number of primary amides is 1. The van der Waals surface area contributed by atoms with Crippen LogP contribution in [0.3, 0.4) is 0 Å². The normalized spacial score (nSPS) is 10.5. The van der Waals surface area contributed by atoms with Gasteiger partial charge < -0.3 is 11.5 Å². The van der Waals surface area contributed by atoms with Crippen LogP contribution in [0.15, 0.2) is 36.4 Å². The average molecular weight is 200 g/mol. The molecule has 1 amide bonds. The van der Waals surface area contributed by atoms with Gasteiger partial charge in [-0.15, -0.1) is 0 Å². The zero-order valence-corrected chi connectivity index (χ0v) is 8.23. The summed E-state index contributed by atoms with van der Waals surface area (Å²) in [5.74, 6) is -0.403. The predicted octanol–water partition coefficient (Wildman–Crippen LogP) is 1.40. The summed E-state index contributed by atoms with van der Waals surface area (Å²) in [6.07, 6.45) is 0. The van der Waals surface area contributed by atoms with Crippen molar-refractivity contribution in [3.63, 3.8) is 0 Å². The Morgan fingerprint density at radius 3 is 2.40 bits per heavy atom. The number of fused-ring (bicyclic) bond motifs is 1. The van der Waals surface area contributed by atoms with E-state index in [0.29, 0.717) is 12.1 Å². The van der Waals surface area contributed by atoms with Crippen molar-refractivity contribution >= 4 is 16.7 Å². The molecule has 3 heteroatoms. The lowest BCUT2D eigenvalue weighted by atomic mass is 10.0. The number of hydrogen-bond donors (Lipinski definition) is 2. The number of rotatable bonds is 2. The van der Waals surface area contributed by atoms with Crippen molar-refractivity contribution in [2.75, 3.05) is 0 Å². The largest absolute Gasteiger partial charge is 0.366 e. The first kappa shape index (κ1) is 9.68. The molecule has 0 saturated carbocycles. The number of carbonyl (C=O) groups is 1. The maximum absolute atomic E-state index is 11.0. The molecular formula is C12H12N2O. The lowest BCUT2D eigenvalue weighted by Gasteiger charge is -2.02. The van der Waals surface area contributed by atoms with Gasteiger partial charge in [0, 0.05) is 12.1 Å². The third-order valence-corrected chi connectivity index (χ3v) is 2.42. The fourth-order valence-corrected chi connectivity index (χ4v) is 1.58. The molecule has 76 valence electrons. The number of nitrogens with two attached hydrogens (primary N) is 2. The van der Waals surface area contributed by atoms with Gasteiger partial charge in [-0.2, -0.15) is 0 Å². The highest BCUT2D eigenvalue weighted by atomic mass is 16.1. The van der Waals surface area contributed by atoms with Crippen molar-refractivity contribution < 1.29 is 4.79 Å². The van der Waals surface area contributed by atoms with Crippen LogP contribution in [0.2, 0.25) is 0 Å². The zero-order chi connectivity index (χ0) is 10.8. The fraction of sp³-hybridized carbons (Fsp3) is 0.0833. The van der Waals surface area contributed by atoms with Crippen molar-refractivity contribution in [2.24, 2.45) is 11.5 Å². The molecule has 0 saturated heterocycles. The summed E-state index contributed by atoms with van der Waals surface area (Å²) in [5.41, 5.74) is 12.4. The van der Waals surface area contributed by atoms with Crippen LogP contribution in [0.4, 0.5) is 0 Å². The standard InChI is InChI=1S/C12H12N2O/c13-7-8-1-2-10-6-11(12(14)15)4-3-9(10)5-8/h1-6H,7,13H2,(H2,14,15). The highest BCUT2D eigenvalue weighted by Crippen LogP contribution is 2.17. The Hall–Kier alpha value is -1.87. The van der Waals surface area contributed by atoms with Gasteiger partial charge in [-0.3, -0.25) is 4.79 Å². The molecule has 0 spiro atoms. The molecular weight excluding hydrogens is 188 g/mol. The van der Waals surface area contributed by atoms with Crippen LogP contribution < -0.4 is 11.5 Å². The molecule has 2 rings (SSSR count). The highest BCUT2D eigenvalue weighted by molar-refractivity contribution is 5.97. The summed E-state index contributed by atoms with van der Waals surface area (Å²) in [7, 11) is 0. The minimum atomic E-state index is -0.403. The number of amides is 1. The van der Waals surface area contributed by atoms with E-state index in [0.717, 1.165) is 16.3 Å². The van der Waals surface area contributed by atoms with Gasteiger partial charge in [-0.1, -0.05) is 18.2 Å².